The Hall–Kier alpha value is -1.51. The van der Waals surface area contributed by atoms with E-state index in [-0.39, 0.29) is 0 Å². The maximum absolute atomic E-state index is 11.2. The van der Waals surface area contributed by atoms with Crippen molar-refractivity contribution >= 4 is 5.97 Å². The Kier molecular flexibility index (Phi) is 2.62. The molecule has 1 aliphatic rings. The molecule has 1 saturated carbocycles. The Morgan fingerprint density at radius 2 is 2.19 bits per heavy atom. The van der Waals surface area contributed by atoms with Gasteiger partial charge in [-0.25, -0.2) is 0 Å². The summed E-state index contributed by atoms with van der Waals surface area (Å²) in [4.78, 5) is 11.2. The van der Waals surface area contributed by atoms with Crippen LogP contribution < -0.4 is 4.74 Å². The summed E-state index contributed by atoms with van der Waals surface area (Å²) in [6, 6.07) is 5.66. The van der Waals surface area contributed by atoms with Gasteiger partial charge in [0.2, 0.25) is 0 Å². The van der Waals surface area contributed by atoms with Gasteiger partial charge in [-0.1, -0.05) is 6.07 Å². The monoisotopic (exact) mass is 220 g/mol. The number of carbonyl (C=O) groups is 1. The van der Waals surface area contributed by atoms with E-state index < -0.39 is 11.4 Å². The summed E-state index contributed by atoms with van der Waals surface area (Å²) in [7, 11) is 0. The lowest BCUT2D eigenvalue weighted by molar-refractivity contribution is -0.140. The number of ether oxygens (including phenoxy) is 1. The molecule has 3 nitrogen and oxygen atoms in total. The predicted molar refractivity (Wildman–Crippen MR) is 60.9 cm³/mol. The topological polar surface area (TPSA) is 46.5 Å². The minimum absolute atomic E-state index is 0.616. The lowest BCUT2D eigenvalue weighted by atomic mass is 9.92. The summed E-state index contributed by atoms with van der Waals surface area (Å²) in [5, 5.41) is 9.22. The van der Waals surface area contributed by atoms with Crippen molar-refractivity contribution in [2.75, 3.05) is 6.61 Å². The SMILES string of the molecule is CCOc1ccc(C2(C(=O)O)CC2)c(C)c1. The fourth-order valence-electron chi connectivity index (χ4n) is 2.15. The van der Waals surface area contributed by atoms with Crippen LogP contribution in [0, 0.1) is 6.92 Å². The first-order chi connectivity index (χ1) is 7.60. The number of hydrogen-bond acceptors (Lipinski definition) is 2. The van der Waals surface area contributed by atoms with Gasteiger partial charge in [-0.3, -0.25) is 4.79 Å². The molecule has 16 heavy (non-hydrogen) atoms. The molecule has 0 unspecified atom stereocenters. The summed E-state index contributed by atoms with van der Waals surface area (Å²) in [5.74, 6) is 0.102. The van der Waals surface area contributed by atoms with E-state index in [9.17, 15) is 9.90 Å². The molecule has 0 amide bonds. The molecule has 0 atom stereocenters. The van der Waals surface area contributed by atoms with Crippen LogP contribution in [0.3, 0.4) is 0 Å². The molecule has 0 aliphatic heterocycles. The van der Waals surface area contributed by atoms with Crippen LogP contribution in [-0.2, 0) is 10.2 Å². The third-order valence-corrected chi connectivity index (χ3v) is 3.18. The summed E-state index contributed by atoms with van der Waals surface area (Å²) in [6.45, 7) is 4.51. The van der Waals surface area contributed by atoms with Crippen molar-refractivity contribution in [3.8, 4) is 5.75 Å². The largest absolute Gasteiger partial charge is 0.494 e. The lowest BCUT2D eigenvalue weighted by Gasteiger charge is -2.14. The van der Waals surface area contributed by atoms with Crippen molar-refractivity contribution in [1.82, 2.24) is 0 Å². The van der Waals surface area contributed by atoms with Crippen molar-refractivity contribution in [1.29, 1.82) is 0 Å². The quantitative estimate of drug-likeness (QED) is 0.848. The highest BCUT2D eigenvalue weighted by Crippen LogP contribution is 2.49. The molecule has 0 bridgehead atoms. The molecule has 1 aromatic carbocycles. The van der Waals surface area contributed by atoms with Gasteiger partial charge in [-0.05, 0) is 49.9 Å². The molecule has 1 fully saturated rings. The maximum atomic E-state index is 11.2. The Balaban J connectivity index is 2.33. The Morgan fingerprint density at radius 3 is 2.62 bits per heavy atom. The van der Waals surface area contributed by atoms with Crippen molar-refractivity contribution in [2.45, 2.75) is 32.1 Å². The van der Waals surface area contributed by atoms with Gasteiger partial charge in [0.25, 0.3) is 0 Å². The third-order valence-electron chi connectivity index (χ3n) is 3.18. The zero-order valence-corrected chi connectivity index (χ0v) is 9.62. The third kappa shape index (κ3) is 1.66. The molecule has 3 heteroatoms. The predicted octanol–water partition coefficient (Wildman–Crippen LogP) is 2.51. The van der Waals surface area contributed by atoms with Gasteiger partial charge >= 0.3 is 5.97 Å². The Bertz CT molecular complexity index is 419. The number of aryl methyl sites for hydroxylation is 1. The molecule has 86 valence electrons. The number of aliphatic carboxylic acids is 1. The highest BCUT2D eigenvalue weighted by Gasteiger charge is 2.52. The van der Waals surface area contributed by atoms with Gasteiger partial charge in [0.1, 0.15) is 5.75 Å². The van der Waals surface area contributed by atoms with Crippen molar-refractivity contribution in [3.63, 3.8) is 0 Å². The maximum Gasteiger partial charge on any atom is 0.314 e. The summed E-state index contributed by atoms with van der Waals surface area (Å²) < 4.78 is 5.39. The molecule has 1 aromatic rings. The van der Waals surface area contributed by atoms with Crippen LogP contribution in [0.15, 0.2) is 18.2 Å². The number of carboxylic acid groups (broad SMARTS) is 1. The van der Waals surface area contributed by atoms with Crippen LogP contribution in [0.5, 0.6) is 5.75 Å². The van der Waals surface area contributed by atoms with E-state index in [1.54, 1.807) is 0 Å². The second-order valence-corrected chi connectivity index (χ2v) is 4.30. The second kappa shape index (κ2) is 3.81. The van der Waals surface area contributed by atoms with Crippen LogP contribution in [0.4, 0.5) is 0 Å². The van der Waals surface area contributed by atoms with Crippen molar-refractivity contribution in [2.24, 2.45) is 0 Å². The van der Waals surface area contributed by atoms with Gasteiger partial charge in [0.05, 0.1) is 12.0 Å². The number of benzene rings is 1. The van der Waals surface area contributed by atoms with Crippen LogP contribution in [0.25, 0.3) is 0 Å². The molecule has 0 aromatic heterocycles. The Labute approximate surface area is 95.0 Å². The molecular weight excluding hydrogens is 204 g/mol. The summed E-state index contributed by atoms with van der Waals surface area (Å²) >= 11 is 0. The molecule has 1 aliphatic carbocycles. The molecule has 1 N–H and O–H groups in total. The smallest absolute Gasteiger partial charge is 0.314 e. The first-order valence-electron chi connectivity index (χ1n) is 5.57. The average molecular weight is 220 g/mol. The number of rotatable bonds is 4. The minimum atomic E-state index is -0.709. The van der Waals surface area contributed by atoms with Crippen molar-refractivity contribution in [3.05, 3.63) is 29.3 Å². The Morgan fingerprint density at radius 1 is 1.50 bits per heavy atom. The van der Waals surface area contributed by atoms with Crippen LogP contribution in [0.1, 0.15) is 30.9 Å². The zero-order valence-electron chi connectivity index (χ0n) is 9.62. The molecule has 0 radical (unpaired) electrons. The number of hydrogen-bond donors (Lipinski definition) is 1. The van der Waals surface area contributed by atoms with E-state index in [2.05, 4.69) is 0 Å². The van der Waals surface area contributed by atoms with Crippen LogP contribution >= 0.6 is 0 Å². The molecular formula is C13H16O3. The van der Waals surface area contributed by atoms with Crippen molar-refractivity contribution < 1.29 is 14.6 Å². The highest BCUT2D eigenvalue weighted by atomic mass is 16.5. The molecule has 0 saturated heterocycles. The highest BCUT2D eigenvalue weighted by molar-refractivity contribution is 5.85. The fourth-order valence-corrected chi connectivity index (χ4v) is 2.15. The van der Waals surface area contributed by atoms with E-state index in [0.717, 1.165) is 29.7 Å². The van der Waals surface area contributed by atoms with E-state index >= 15 is 0 Å². The first-order valence-corrected chi connectivity index (χ1v) is 5.57. The first kappa shape index (κ1) is 11.0. The minimum Gasteiger partial charge on any atom is -0.494 e. The number of carboxylic acids is 1. The molecule has 0 heterocycles. The summed E-state index contributed by atoms with van der Waals surface area (Å²) in [5.41, 5.74) is 1.32. The summed E-state index contributed by atoms with van der Waals surface area (Å²) in [6.07, 6.45) is 1.49. The molecule has 2 rings (SSSR count). The van der Waals surface area contributed by atoms with Gasteiger partial charge in [0.15, 0.2) is 0 Å². The fraction of sp³-hybridized carbons (Fsp3) is 0.462. The van der Waals surface area contributed by atoms with Gasteiger partial charge < -0.3 is 9.84 Å². The second-order valence-electron chi connectivity index (χ2n) is 4.30. The van der Waals surface area contributed by atoms with Gasteiger partial charge in [0, 0.05) is 0 Å². The normalized spacial score (nSPS) is 16.9. The van der Waals surface area contributed by atoms with E-state index in [4.69, 9.17) is 4.74 Å². The van der Waals surface area contributed by atoms with Crippen LogP contribution in [0.2, 0.25) is 0 Å². The molecule has 0 spiro atoms. The van der Waals surface area contributed by atoms with Crippen LogP contribution in [-0.4, -0.2) is 17.7 Å². The lowest BCUT2D eigenvalue weighted by Crippen LogP contribution is -2.20. The average Bonchev–Trinajstić information content (AvgIpc) is 2.99. The zero-order chi connectivity index (χ0) is 11.8. The van der Waals surface area contributed by atoms with E-state index in [1.165, 1.54) is 0 Å². The standard InChI is InChI=1S/C13H16O3/c1-3-16-10-4-5-11(9(2)8-10)13(6-7-13)12(14)15/h4-5,8H,3,6-7H2,1-2H3,(H,14,15). The van der Waals surface area contributed by atoms with E-state index in [1.807, 2.05) is 32.0 Å². The van der Waals surface area contributed by atoms with Gasteiger partial charge in [-0.2, -0.15) is 0 Å². The van der Waals surface area contributed by atoms with E-state index in [0.29, 0.717) is 6.61 Å². The van der Waals surface area contributed by atoms with Gasteiger partial charge in [-0.15, -0.1) is 0 Å².